The SMILES string of the molecule is C[C@H]1CCCN1[C@H]1CCC(c2ccc(NS(=O)(=O)c3ccc(F)c(F)c3)cc2)C1. The molecule has 2 aromatic carbocycles. The topological polar surface area (TPSA) is 49.4 Å². The number of sulfonamides is 1. The van der Waals surface area contributed by atoms with Gasteiger partial charge < -0.3 is 0 Å². The van der Waals surface area contributed by atoms with Crippen molar-refractivity contribution >= 4 is 15.7 Å². The van der Waals surface area contributed by atoms with Crippen LogP contribution in [-0.4, -0.2) is 31.9 Å². The fourth-order valence-corrected chi connectivity index (χ4v) is 5.81. The van der Waals surface area contributed by atoms with Crippen molar-refractivity contribution in [3.05, 3.63) is 59.7 Å². The van der Waals surface area contributed by atoms with Crippen molar-refractivity contribution in [2.45, 2.75) is 61.9 Å². The predicted molar refractivity (Wildman–Crippen MR) is 109 cm³/mol. The van der Waals surface area contributed by atoms with Crippen LogP contribution >= 0.6 is 0 Å². The van der Waals surface area contributed by atoms with Gasteiger partial charge in [-0.3, -0.25) is 9.62 Å². The maximum Gasteiger partial charge on any atom is 0.261 e. The van der Waals surface area contributed by atoms with E-state index in [1.165, 1.54) is 31.4 Å². The number of nitrogens with one attached hydrogen (secondary N) is 1. The van der Waals surface area contributed by atoms with Crippen LogP contribution in [0.2, 0.25) is 0 Å². The van der Waals surface area contributed by atoms with Crippen LogP contribution in [0.3, 0.4) is 0 Å². The molecule has 0 amide bonds. The molecule has 1 saturated heterocycles. The third kappa shape index (κ3) is 4.31. The Morgan fingerprint density at radius 3 is 2.41 bits per heavy atom. The molecule has 3 atom stereocenters. The standard InChI is InChI=1S/C22H26F2N2O2S/c1-15-3-2-12-26(15)19-9-6-17(13-19)16-4-7-18(8-5-16)25-29(27,28)20-10-11-21(23)22(24)14-20/h4-5,7-8,10-11,14-15,17,19,25H,2-3,6,9,12-13H2,1H3/t15-,17?,19-/m0/s1. The number of likely N-dealkylation sites (tertiary alicyclic amines) is 1. The van der Waals surface area contributed by atoms with Crippen molar-refractivity contribution < 1.29 is 17.2 Å². The fraction of sp³-hybridized carbons (Fsp3) is 0.455. The van der Waals surface area contributed by atoms with E-state index in [4.69, 9.17) is 0 Å². The van der Waals surface area contributed by atoms with Crippen LogP contribution in [0.4, 0.5) is 14.5 Å². The molecule has 1 aliphatic carbocycles. The van der Waals surface area contributed by atoms with E-state index in [9.17, 15) is 17.2 Å². The zero-order valence-corrected chi connectivity index (χ0v) is 17.3. The van der Waals surface area contributed by atoms with E-state index >= 15 is 0 Å². The molecular formula is C22H26F2N2O2S. The first kappa shape index (κ1) is 20.3. The van der Waals surface area contributed by atoms with Gasteiger partial charge in [-0.25, -0.2) is 17.2 Å². The van der Waals surface area contributed by atoms with Crippen LogP contribution in [0.15, 0.2) is 47.4 Å². The van der Waals surface area contributed by atoms with Crippen LogP contribution in [-0.2, 0) is 10.0 Å². The van der Waals surface area contributed by atoms with Gasteiger partial charge in [0.05, 0.1) is 4.90 Å². The molecule has 2 aromatic rings. The van der Waals surface area contributed by atoms with Crippen molar-refractivity contribution in [1.82, 2.24) is 4.90 Å². The van der Waals surface area contributed by atoms with Crippen molar-refractivity contribution in [2.75, 3.05) is 11.3 Å². The molecule has 29 heavy (non-hydrogen) atoms. The highest BCUT2D eigenvalue weighted by atomic mass is 32.2. The van der Waals surface area contributed by atoms with Crippen molar-refractivity contribution in [1.29, 1.82) is 0 Å². The van der Waals surface area contributed by atoms with Gasteiger partial charge in [0.25, 0.3) is 10.0 Å². The zero-order valence-electron chi connectivity index (χ0n) is 16.4. The van der Waals surface area contributed by atoms with Crippen LogP contribution in [0.25, 0.3) is 0 Å². The van der Waals surface area contributed by atoms with Gasteiger partial charge in [0.2, 0.25) is 0 Å². The third-order valence-corrected chi connectivity index (χ3v) is 7.69. The summed E-state index contributed by atoms with van der Waals surface area (Å²) in [5, 5.41) is 0. The number of anilines is 1. The minimum Gasteiger partial charge on any atom is -0.298 e. The van der Waals surface area contributed by atoms with Gasteiger partial charge in [-0.05, 0) is 87.4 Å². The highest BCUT2D eigenvalue weighted by Gasteiger charge is 2.34. The Hall–Kier alpha value is -1.99. The minimum absolute atomic E-state index is 0.307. The molecule has 7 heteroatoms. The van der Waals surface area contributed by atoms with E-state index in [0.29, 0.717) is 29.8 Å². The molecule has 1 heterocycles. The molecule has 1 saturated carbocycles. The van der Waals surface area contributed by atoms with Gasteiger partial charge in [-0.2, -0.15) is 0 Å². The molecule has 1 unspecified atom stereocenters. The Kier molecular flexibility index (Phi) is 5.62. The summed E-state index contributed by atoms with van der Waals surface area (Å²) in [5.74, 6) is -1.78. The average molecular weight is 421 g/mol. The largest absolute Gasteiger partial charge is 0.298 e. The Labute approximate surface area is 171 Å². The molecule has 0 radical (unpaired) electrons. The fourth-order valence-electron chi connectivity index (χ4n) is 4.74. The smallest absolute Gasteiger partial charge is 0.261 e. The number of halogens is 2. The van der Waals surface area contributed by atoms with Crippen LogP contribution < -0.4 is 4.72 Å². The quantitative estimate of drug-likeness (QED) is 0.750. The van der Waals surface area contributed by atoms with E-state index in [0.717, 1.165) is 25.0 Å². The predicted octanol–water partition coefficient (Wildman–Crippen LogP) is 4.89. The summed E-state index contributed by atoms with van der Waals surface area (Å²) in [5.41, 5.74) is 1.62. The lowest BCUT2D eigenvalue weighted by atomic mass is 9.97. The Balaban J connectivity index is 1.42. The number of nitrogens with zero attached hydrogens (tertiary/aromatic N) is 1. The number of hydrogen-bond donors (Lipinski definition) is 1. The summed E-state index contributed by atoms with van der Waals surface area (Å²) in [6.45, 7) is 3.51. The Bertz CT molecular complexity index is 979. The highest BCUT2D eigenvalue weighted by molar-refractivity contribution is 7.92. The van der Waals surface area contributed by atoms with Crippen molar-refractivity contribution in [3.8, 4) is 0 Å². The van der Waals surface area contributed by atoms with E-state index in [1.807, 2.05) is 12.1 Å². The van der Waals surface area contributed by atoms with Gasteiger partial charge in [-0.15, -0.1) is 0 Å². The summed E-state index contributed by atoms with van der Waals surface area (Å²) in [7, 11) is -3.97. The zero-order chi connectivity index (χ0) is 20.6. The molecule has 4 nitrogen and oxygen atoms in total. The summed E-state index contributed by atoms with van der Waals surface area (Å²) in [4.78, 5) is 2.34. The van der Waals surface area contributed by atoms with E-state index in [2.05, 4.69) is 16.5 Å². The molecule has 4 rings (SSSR count). The van der Waals surface area contributed by atoms with E-state index in [1.54, 1.807) is 12.1 Å². The molecule has 1 aliphatic heterocycles. The normalized spacial score (nSPS) is 25.4. The first-order valence-corrected chi connectivity index (χ1v) is 11.7. The number of hydrogen-bond acceptors (Lipinski definition) is 3. The van der Waals surface area contributed by atoms with Gasteiger partial charge >= 0.3 is 0 Å². The molecule has 2 aliphatic rings. The average Bonchev–Trinajstić information content (AvgIpc) is 3.33. The van der Waals surface area contributed by atoms with Crippen LogP contribution in [0.5, 0.6) is 0 Å². The molecule has 156 valence electrons. The molecular weight excluding hydrogens is 394 g/mol. The molecule has 0 spiro atoms. The summed E-state index contributed by atoms with van der Waals surface area (Å²) < 4.78 is 53.7. The van der Waals surface area contributed by atoms with Crippen LogP contribution in [0.1, 0.15) is 50.5 Å². The van der Waals surface area contributed by atoms with Gasteiger partial charge in [0.15, 0.2) is 11.6 Å². The third-order valence-electron chi connectivity index (χ3n) is 6.31. The first-order valence-electron chi connectivity index (χ1n) is 10.2. The van der Waals surface area contributed by atoms with E-state index in [-0.39, 0.29) is 4.90 Å². The lowest BCUT2D eigenvalue weighted by Gasteiger charge is -2.28. The maximum atomic E-state index is 13.4. The Morgan fingerprint density at radius 1 is 1.00 bits per heavy atom. The second kappa shape index (κ2) is 8.03. The number of benzene rings is 2. The van der Waals surface area contributed by atoms with Gasteiger partial charge in [0, 0.05) is 17.8 Å². The molecule has 1 N–H and O–H groups in total. The summed E-state index contributed by atoms with van der Waals surface area (Å²) >= 11 is 0. The summed E-state index contributed by atoms with van der Waals surface area (Å²) in [6, 6.07) is 11.3. The maximum absolute atomic E-state index is 13.4. The summed E-state index contributed by atoms with van der Waals surface area (Å²) in [6.07, 6.45) is 6.07. The lowest BCUT2D eigenvalue weighted by Crippen LogP contribution is -2.35. The van der Waals surface area contributed by atoms with Crippen LogP contribution in [0, 0.1) is 11.6 Å². The second-order valence-electron chi connectivity index (χ2n) is 8.20. The molecule has 0 bridgehead atoms. The highest BCUT2D eigenvalue weighted by Crippen LogP contribution is 2.39. The molecule has 2 fully saturated rings. The van der Waals surface area contributed by atoms with Crippen molar-refractivity contribution in [3.63, 3.8) is 0 Å². The van der Waals surface area contributed by atoms with E-state index < -0.39 is 21.7 Å². The van der Waals surface area contributed by atoms with Crippen molar-refractivity contribution in [2.24, 2.45) is 0 Å². The van der Waals surface area contributed by atoms with Gasteiger partial charge in [-0.1, -0.05) is 12.1 Å². The molecule has 0 aromatic heterocycles. The number of rotatable bonds is 5. The second-order valence-corrected chi connectivity index (χ2v) is 9.88. The Morgan fingerprint density at radius 2 is 1.76 bits per heavy atom. The first-order chi connectivity index (χ1) is 13.8. The lowest BCUT2D eigenvalue weighted by molar-refractivity contribution is 0.191. The minimum atomic E-state index is -3.97. The van der Waals surface area contributed by atoms with Gasteiger partial charge in [0.1, 0.15) is 0 Å². The monoisotopic (exact) mass is 420 g/mol.